The van der Waals surface area contributed by atoms with Crippen molar-refractivity contribution < 1.29 is 23.5 Å². The van der Waals surface area contributed by atoms with E-state index in [-0.39, 0.29) is 19.3 Å². The number of nitrogens with one attached hydrogen (secondary N) is 1. The number of aromatic nitrogens is 1. The summed E-state index contributed by atoms with van der Waals surface area (Å²) in [6, 6.07) is 6.65. The van der Waals surface area contributed by atoms with Crippen molar-refractivity contribution in [2.24, 2.45) is 0 Å². The highest BCUT2D eigenvalue weighted by Crippen LogP contribution is 2.34. The van der Waals surface area contributed by atoms with Gasteiger partial charge in [-0.2, -0.15) is 0 Å². The topological polar surface area (TPSA) is 82.8 Å². The summed E-state index contributed by atoms with van der Waals surface area (Å²) in [4.78, 5) is 11.5. The van der Waals surface area contributed by atoms with E-state index < -0.39 is 0 Å². The van der Waals surface area contributed by atoms with E-state index in [9.17, 15) is 4.79 Å². The molecule has 0 saturated carbocycles. The predicted octanol–water partition coefficient (Wildman–Crippen LogP) is 1.42. The van der Waals surface area contributed by atoms with Gasteiger partial charge in [-0.15, -0.1) is 0 Å². The maximum atomic E-state index is 11.5. The fraction of sp³-hybridized carbons (Fsp3) is 0.167. The Morgan fingerprint density at radius 1 is 1.32 bits per heavy atom. The molecule has 0 atom stereocenters. The maximum absolute atomic E-state index is 11.5. The lowest BCUT2D eigenvalue weighted by molar-refractivity contribution is -0.118. The number of hydrogen-bond acceptors (Lipinski definition) is 6. The molecule has 0 radical (unpaired) electrons. The summed E-state index contributed by atoms with van der Waals surface area (Å²) in [6.07, 6.45) is 1.37. The monoisotopic (exact) mass is 262 g/mol. The van der Waals surface area contributed by atoms with Crippen LogP contribution in [-0.2, 0) is 4.79 Å². The molecule has 7 nitrogen and oxygen atoms in total. The van der Waals surface area contributed by atoms with E-state index in [1.54, 1.807) is 24.3 Å². The molecule has 98 valence electrons. The Balaban J connectivity index is 1.56. The van der Waals surface area contributed by atoms with Crippen LogP contribution in [0.4, 0.5) is 5.82 Å². The molecule has 2 aromatic rings. The zero-order valence-corrected chi connectivity index (χ0v) is 9.79. The van der Waals surface area contributed by atoms with Crippen LogP contribution in [0.2, 0.25) is 0 Å². The summed E-state index contributed by atoms with van der Waals surface area (Å²) >= 11 is 0. The van der Waals surface area contributed by atoms with E-state index in [1.165, 1.54) is 6.26 Å². The van der Waals surface area contributed by atoms with Crippen molar-refractivity contribution in [3.05, 3.63) is 30.5 Å². The van der Waals surface area contributed by atoms with Crippen LogP contribution in [0.5, 0.6) is 17.2 Å². The van der Waals surface area contributed by atoms with Gasteiger partial charge in [0.1, 0.15) is 12.0 Å². The van der Waals surface area contributed by atoms with E-state index in [4.69, 9.17) is 14.2 Å². The number of rotatable bonds is 4. The number of anilines is 1. The van der Waals surface area contributed by atoms with Crippen molar-refractivity contribution in [2.75, 3.05) is 18.7 Å². The first-order chi connectivity index (χ1) is 9.31. The Hall–Kier alpha value is -2.70. The third-order valence-electron chi connectivity index (χ3n) is 2.42. The average molecular weight is 262 g/mol. The Morgan fingerprint density at radius 3 is 3.05 bits per heavy atom. The predicted molar refractivity (Wildman–Crippen MR) is 63.2 cm³/mol. The van der Waals surface area contributed by atoms with E-state index in [0.29, 0.717) is 23.1 Å². The van der Waals surface area contributed by atoms with Crippen LogP contribution in [0.3, 0.4) is 0 Å². The Bertz CT molecular complexity index is 582. The number of ether oxygens (including phenoxy) is 3. The van der Waals surface area contributed by atoms with Gasteiger partial charge in [0.25, 0.3) is 5.91 Å². The van der Waals surface area contributed by atoms with E-state index >= 15 is 0 Å². The maximum Gasteiger partial charge on any atom is 0.263 e. The molecule has 1 N–H and O–H groups in total. The van der Waals surface area contributed by atoms with Crippen molar-refractivity contribution >= 4 is 11.7 Å². The smallest absolute Gasteiger partial charge is 0.263 e. The summed E-state index contributed by atoms with van der Waals surface area (Å²) in [6.45, 7) is 0.0674. The normalized spacial score (nSPS) is 12.2. The summed E-state index contributed by atoms with van der Waals surface area (Å²) in [5.41, 5.74) is 0. The lowest BCUT2D eigenvalue weighted by atomic mass is 10.3. The minimum Gasteiger partial charge on any atom is -0.484 e. The molecule has 19 heavy (non-hydrogen) atoms. The molecule has 1 aliphatic rings. The highest BCUT2D eigenvalue weighted by atomic mass is 16.7. The van der Waals surface area contributed by atoms with Crippen LogP contribution in [-0.4, -0.2) is 24.5 Å². The highest BCUT2D eigenvalue weighted by molar-refractivity contribution is 5.90. The van der Waals surface area contributed by atoms with E-state index in [2.05, 4.69) is 15.0 Å². The molecule has 7 heteroatoms. The molecule has 0 spiro atoms. The number of carbonyl (C=O) groups excluding carboxylic acids is 1. The average Bonchev–Trinajstić information content (AvgIpc) is 3.06. The minimum absolute atomic E-state index is 0.132. The number of hydrogen-bond donors (Lipinski definition) is 1. The van der Waals surface area contributed by atoms with E-state index in [0.717, 1.165) is 0 Å². The molecule has 1 amide bonds. The van der Waals surface area contributed by atoms with Gasteiger partial charge in [0.2, 0.25) is 6.79 Å². The van der Waals surface area contributed by atoms with Crippen LogP contribution >= 0.6 is 0 Å². The lowest BCUT2D eigenvalue weighted by Gasteiger charge is -2.06. The summed E-state index contributed by atoms with van der Waals surface area (Å²) in [7, 11) is 0. The second-order valence-corrected chi connectivity index (χ2v) is 3.74. The Morgan fingerprint density at radius 2 is 2.21 bits per heavy atom. The number of nitrogens with zero attached hydrogens (tertiary/aromatic N) is 1. The fourth-order valence-corrected chi connectivity index (χ4v) is 1.57. The van der Waals surface area contributed by atoms with Crippen molar-refractivity contribution in [3.63, 3.8) is 0 Å². The summed E-state index contributed by atoms with van der Waals surface area (Å²) < 4.78 is 20.3. The van der Waals surface area contributed by atoms with Gasteiger partial charge in [-0.05, 0) is 12.1 Å². The van der Waals surface area contributed by atoms with Crippen LogP contribution < -0.4 is 19.5 Å². The van der Waals surface area contributed by atoms with Gasteiger partial charge in [-0.1, -0.05) is 5.16 Å². The van der Waals surface area contributed by atoms with E-state index in [1.807, 2.05) is 0 Å². The Kier molecular flexibility index (Phi) is 2.93. The van der Waals surface area contributed by atoms with Gasteiger partial charge < -0.3 is 24.1 Å². The quantitative estimate of drug-likeness (QED) is 0.897. The third kappa shape index (κ3) is 2.59. The van der Waals surface area contributed by atoms with Gasteiger partial charge in [-0.25, -0.2) is 0 Å². The van der Waals surface area contributed by atoms with Crippen molar-refractivity contribution in [2.45, 2.75) is 0 Å². The number of amides is 1. The standard InChI is InChI=1S/C12H10N2O5/c15-12(13-11-3-4-19-14-11)6-16-8-1-2-9-10(5-8)18-7-17-9/h1-5H,6-7H2,(H,13,14,15). The second-order valence-electron chi connectivity index (χ2n) is 3.74. The third-order valence-corrected chi connectivity index (χ3v) is 2.42. The molecule has 0 bridgehead atoms. The number of carbonyl (C=O) groups is 1. The first kappa shape index (κ1) is 11.4. The van der Waals surface area contributed by atoms with Gasteiger partial charge >= 0.3 is 0 Å². The highest BCUT2D eigenvalue weighted by Gasteiger charge is 2.14. The Labute approximate surface area is 108 Å². The molecule has 1 aromatic carbocycles. The van der Waals surface area contributed by atoms with Gasteiger partial charge in [0.15, 0.2) is 23.9 Å². The number of fused-ring (bicyclic) bond motifs is 1. The number of benzene rings is 1. The zero-order valence-electron chi connectivity index (χ0n) is 9.79. The van der Waals surface area contributed by atoms with Crippen LogP contribution in [0, 0.1) is 0 Å². The molecular weight excluding hydrogens is 252 g/mol. The molecule has 1 aliphatic heterocycles. The SMILES string of the molecule is O=C(COc1ccc2c(c1)OCO2)Nc1ccon1. The van der Waals surface area contributed by atoms with Gasteiger partial charge in [0, 0.05) is 12.1 Å². The van der Waals surface area contributed by atoms with Crippen molar-refractivity contribution in [1.29, 1.82) is 0 Å². The summed E-state index contributed by atoms with van der Waals surface area (Å²) in [5, 5.41) is 6.08. The molecule has 2 heterocycles. The molecule has 3 rings (SSSR count). The largest absolute Gasteiger partial charge is 0.484 e. The molecule has 1 aromatic heterocycles. The summed E-state index contributed by atoms with van der Waals surface area (Å²) in [5.74, 6) is 1.82. The fourth-order valence-electron chi connectivity index (χ4n) is 1.57. The van der Waals surface area contributed by atoms with Crippen LogP contribution in [0.15, 0.2) is 35.1 Å². The van der Waals surface area contributed by atoms with Gasteiger partial charge in [0.05, 0.1) is 0 Å². The molecule has 0 unspecified atom stereocenters. The van der Waals surface area contributed by atoms with Gasteiger partial charge in [-0.3, -0.25) is 4.79 Å². The van der Waals surface area contributed by atoms with Crippen LogP contribution in [0.1, 0.15) is 0 Å². The molecule has 0 aliphatic carbocycles. The lowest BCUT2D eigenvalue weighted by Crippen LogP contribution is -2.20. The first-order valence-electron chi connectivity index (χ1n) is 5.54. The van der Waals surface area contributed by atoms with Crippen molar-refractivity contribution in [1.82, 2.24) is 5.16 Å². The second kappa shape index (κ2) is 4.89. The first-order valence-corrected chi connectivity index (χ1v) is 5.54. The molecular formula is C12H10N2O5. The van der Waals surface area contributed by atoms with Crippen molar-refractivity contribution in [3.8, 4) is 17.2 Å². The molecule has 0 fully saturated rings. The minimum atomic E-state index is -0.327. The van der Waals surface area contributed by atoms with Crippen LogP contribution in [0.25, 0.3) is 0 Å². The molecule has 0 saturated heterocycles. The zero-order chi connectivity index (χ0) is 13.1.